The largest absolute Gasteiger partial charge is 0.384 e. The van der Waals surface area contributed by atoms with Crippen LogP contribution >= 0.6 is 0 Å². The molecule has 2 aromatic heterocycles. The minimum atomic E-state index is -0.00142. The van der Waals surface area contributed by atoms with E-state index in [0.29, 0.717) is 24.8 Å². The van der Waals surface area contributed by atoms with Gasteiger partial charge in [0.1, 0.15) is 5.69 Å². The van der Waals surface area contributed by atoms with Gasteiger partial charge in [0.05, 0.1) is 18.8 Å². The number of methoxy groups -OCH3 is 1. The van der Waals surface area contributed by atoms with E-state index in [-0.39, 0.29) is 5.91 Å². The van der Waals surface area contributed by atoms with Gasteiger partial charge < -0.3 is 14.2 Å². The second-order valence-corrected chi connectivity index (χ2v) is 6.64. The Kier molecular flexibility index (Phi) is 4.28. The molecule has 1 aromatic carbocycles. The highest BCUT2D eigenvalue weighted by Crippen LogP contribution is 2.20. The van der Waals surface area contributed by atoms with Crippen molar-refractivity contribution in [3.05, 3.63) is 54.0 Å². The van der Waals surface area contributed by atoms with Crippen LogP contribution in [0.15, 0.2) is 42.6 Å². The molecule has 1 fully saturated rings. The number of amides is 1. The number of benzene rings is 1. The zero-order chi connectivity index (χ0) is 17.2. The van der Waals surface area contributed by atoms with Crippen LogP contribution in [0.5, 0.6) is 0 Å². The minimum Gasteiger partial charge on any atom is -0.384 e. The summed E-state index contributed by atoms with van der Waals surface area (Å²) in [6.45, 7) is 2.89. The van der Waals surface area contributed by atoms with Crippen molar-refractivity contribution in [3.8, 4) is 0 Å². The number of hydrogen-bond donors (Lipinski definition) is 1. The predicted molar refractivity (Wildman–Crippen MR) is 95.5 cm³/mol. The molecule has 1 unspecified atom stereocenters. The van der Waals surface area contributed by atoms with Gasteiger partial charge in [0.25, 0.3) is 5.91 Å². The van der Waals surface area contributed by atoms with E-state index in [1.165, 1.54) is 10.9 Å². The quantitative estimate of drug-likeness (QED) is 0.777. The third-order valence-electron chi connectivity index (χ3n) is 4.85. The van der Waals surface area contributed by atoms with E-state index in [1.54, 1.807) is 7.11 Å². The molecule has 130 valence electrons. The van der Waals surface area contributed by atoms with Crippen molar-refractivity contribution in [2.75, 3.05) is 26.8 Å². The third kappa shape index (κ3) is 3.17. The predicted octanol–water partition coefficient (Wildman–Crippen LogP) is 2.52. The Labute approximate surface area is 146 Å². The Morgan fingerprint density at radius 3 is 3.12 bits per heavy atom. The average molecular weight is 338 g/mol. The lowest BCUT2D eigenvalue weighted by atomic mass is 10.1. The van der Waals surface area contributed by atoms with Gasteiger partial charge in [-0.3, -0.25) is 9.89 Å². The fourth-order valence-corrected chi connectivity index (χ4v) is 3.57. The molecule has 0 saturated carbocycles. The smallest absolute Gasteiger partial charge is 0.274 e. The summed E-state index contributed by atoms with van der Waals surface area (Å²) in [5.74, 6) is 0.428. The molecule has 6 heteroatoms. The lowest BCUT2D eigenvalue weighted by Gasteiger charge is -2.14. The van der Waals surface area contributed by atoms with Gasteiger partial charge in [-0.05, 0) is 30.0 Å². The Hall–Kier alpha value is -2.60. The van der Waals surface area contributed by atoms with Gasteiger partial charge >= 0.3 is 0 Å². The number of rotatable bonds is 5. The van der Waals surface area contributed by atoms with Crippen LogP contribution in [0.3, 0.4) is 0 Å². The molecule has 0 spiro atoms. The van der Waals surface area contributed by atoms with Crippen molar-refractivity contribution < 1.29 is 9.53 Å². The number of para-hydroxylation sites is 1. The zero-order valence-electron chi connectivity index (χ0n) is 14.3. The molecule has 3 heterocycles. The molecule has 1 aliphatic rings. The first-order chi connectivity index (χ1) is 12.2. The molecular weight excluding hydrogens is 316 g/mol. The lowest BCUT2D eigenvalue weighted by molar-refractivity contribution is 0.0769. The van der Waals surface area contributed by atoms with Crippen LogP contribution in [0.4, 0.5) is 0 Å². The lowest BCUT2D eigenvalue weighted by Crippen LogP contribution is -2.29. The van der Waals surface area contributed by atoms with Crippen molar-refractivity contribution >= 4 is 16.8 Å². The number of ether oxygens (including phenoxy) is 1. The van der Waals surface area contributed by atoms with Crippen LogP contribution in [0.2, 0.25) is 0 Å². The summed E-state index contributed by atoms with van der Waals surface area (Å²) in [4.78, 5) is 14.5. The van der Waals surface area contributed by atoms with E-state index < -0.39 is 0 Å². The first-order valence-corrected chi connectivity index (χ1v) is 8.61. The van der Waals surface area contributed by atoms with Crippen molar-refractivity contribution in [2.45, 2.75) is 13.0 Å². The maximum atomic E-state index is 12.6. The van der Waals surface area contributed by atoms with Crippen molar-refractivity contribution in [1.82, 2.24) is 19.7 Å². The van der Waals surface area contributed by atoms with Crippen molar-refractivity contribution in [2.24, 2.45) is 5.92 Å². The highest BCUT2D eigenvalue weighted by molar-refractivity contribution is 5.92. The molecule has 1 amide bonds. The van der Waals surface area contributed by atoms with E-state index in [4.69, 9.17) is 4.74 Å². The first-order valence-electron chi connectivity index (χ1n) is 8.61. The van der Waals surface area contributed by atoms with Crippen LogP contribution < -0.4 is 0 Å². The summed E-state index contributed by atoms with van der Waals surface area (Å²) < 4.78 is 7.35. The number of carbonyl (C=O) groups is 1. The number of nitrogens with one attached hydrogen (secondary N) is 1. The normalized spacial score (nSPS) is 17.5. The zero-order valence-corrected chi connectivity index (χ0v) is 14.3. The molecule has 1 saturated heterocycles. The van der Waals surface area contributed by atoms with E-state index in [0.717, 1.165) is 25.2 Å². The monoisotopic (exact) mass is 338 g/mol. The van der Waals surface area contributed by atoms with Gasteiger partial charge in [0.2, 0.25) is 0 Å². The first kappa shape index (κ1) is 15.9. The van der Waals surface area contributed by atoms with Gasteiger partial charge in [-0.2, -0.15) is 5.10 Å². The average Bonchev–Trinajstić information content (AvgIpc) is 3.36. The summed E-state index contributed by atoms with van der Waals surface area (Å²) in [6, 6.07) is 12.2. The van der Waals surface area contributed by atoms with Crippen LogP contribution in [-0.2, 0) is 11.3 Å². The second-order valence-electron chi connectivity index (χ2n) is 6.64. The van der Waals surface area contributed by atoms with Gasteiger partial charge in [-0.25, -0.2) is 0 Å². The number of likely N-dealkylation sites (tertiary alicyclic amines) is 1. The van der Waals surface area contributed by atoms with Crippen LogP contribution in [0.1, 0.15) is 22.6 Å². The number of nitrogens with zero attached hydrogens (tertiary/aromatic N) is 3. The number of aromatic nitrogens is 3. The molecule has 3 aromatic rings. The molecule has 0 radical (unpaired) electrons. The maximum Gasteiger partial charge on any atom is 0.274 e. The number of carbonyl (C=O) groups excluding carboxylic acids is 1. The standard InChI is InChI=1S/C19H22N4O2/c1-25-13-14-6-8-23(11-14)19(24)17-10-16(20-21-17)12-22-9-7-15-4-2-3-5-18(15)22/h2-5,7,9-10,14H,6,8,11-13H2,1H3,(H,20,21). The number of fused-ring (bicyclic) bond motifs is 1. The summed E-state index contributed by atoms with van der Waals surface area (Å²) in [6.07, 6.45) is 3.05. The molecule has 1 aliphatic heterocycles. The van der Waals surface area contributed by atoms with E-state index in [1.807, 2.05) is 23.1 Å². The number of aromatic amines is 1. The molecular formula is C19H22N4O2. The topological polar surface area (TPSA) is 63.1 Å². The van der Waals surface area contributed by atoms with Crippen LogP contribution in [0, 0.1) is 5.92 Å². The van der Waals surface area contributed by atoms with Gasteiger partial charge in [-0.15, -0.1) is 0 Å². The van der Waals surface area contributed by atoms with E-state index in [2.05, 4.69) is 39.2 Å². The molecule has 4 rings (SSSR count). The Balaban J connectivity index is 1.46. The van der Waals surface area contributed by atoms with Crippen LogP contribution in [0.25, 0.3) is 10.9 Å². The Morgan fingerprint density at radius 1 is 1.36 bits per heavy atom. The fourth-order valence-electron chi connectivity index (χ4n) is 3.57. The third-order valence-corrected chi connectivity index (χ3v) is 4.85. The number of H-pyrrole nitrogens is 1. The second kappa shape index (κ2) is 6.72. The Bertz CT molecular complexity index is 882. The highest BCUT2D eigenvalue weighted by Gasteiger charge is 2.28. The summed E-state index contributed by atoms with van der Waals surface area (Å²) in [5.41, 5.74) is 2.59. The minimum absolute atomic E-state index is 0.00142. The molecule has 1 N–H and O–H groups in total. The molecule has 0 bridgehead atoms. The molecule has 0 aliphatic carbocycles. The SMILES string of the molecule is COCC1CCN(C(=O)c2cc(Cn3ccc4ccccc43)[nH]n2)C1. The van der Waals surface area contributed by atoms with Gasteiger partial charge in [-0.1, -0.05) is 18.2 Å². The van der Waals surface area contributed by atoms with E-state index in [9.17, 15) is 4.79 Å². The van der Waals surface area contributed by atoms with Crippen LogP contribution in [-0.4, -0.2) is 52.4 Å². The summed E-state index contributed by atoms with van der Waals surface area (Å²) >= 11 is 0. The highest BCUT2D eigenvalue weighted by atomic mass is 16.5. The summed E-state index contributed by atoms with van der Waals surface area (Å²) in [5, 5.41) is 8.45. The molecule has 6 nitrogen and oxygen atoms in total. The Morgan fingerprint density at radius 2 is 2.24 bits per heavy atom. The molecule has 25 heavy (non-hydrogen) atoms. The summed E-state index contributed by atoms with van der Waals surface area (Å²) in [7, 11) is 1.70. The van der Waals surface area contributed by atoms with Gasteiger partial charge in [0, 0.05) is 37.8 Å². The number of hydrogen-bond acceptors (Lipinski definition) is 3. The van der Waals surface area contributed by atoms with Gasteiger partial charge in [0.15, 0.2) is 0 Å². The fraction of sp³-hybridized carbons (Fsp3) is 0.368. The molecule has 1 atom stereocenters. The maximum absolute atomic E-state index is 12.6. The van der Waals surface area contributed by atoms with E-state index >= 15 is 0 Å². The van der Waals surface area contributed by atoms with Crippen molar-refractivity contribution in [1.29, 1.82) is 0 Å². The van der Waals surface area contributed by atoms with Crippen molar-refractivity contribution in [3.63, 3.8) is 0 Å².